The molecule has 0 radical (unpaired) electrons. The SMILES string of the molecule is CNO/C=C/C(=N/C=N)C(/C)=C/N. The van der Waals surface area contributed by atoms with E-state index >= 15 is 0 Å². The molecule has 0 bridgehead atoms. The molecule has 4 N–H and O–H groups in total. The summed E-state index contributed by atoms with van der Waals surface area (Å²) in [6, 6.07) is 0. The maximum Gasteiger partial charge on any atom is 0.113 e. The van der Waals surface area contributed by atoms with E-state index in [0.717, 1.165) is 11.9 Å². The predicted octanol–water partition coefficient (Wildman–Crippen LogP) is 0.562. The van der Waals surface area contributed by atoms with Crippen molar-refractivity contribution in [3.05, 3.63) is 24.1 Å². The van der Waals surface area contributed by atoms with Crippen molar-refractivity contribution in [2.75, 3.05) is 7.05 Å². The van der Waals surface area contributed by atoms with E-state index in [1.807, 2.05) is 0 Å². The Kier molecular flexibility index (Phi) is 6.17. The van der Waals surface area contributed by atoms with Gasteiger partial charge in [-0.05, 0) is 18.7 Å². The lowest BCUT2D eigenvalue weighted by Gasteiger charge is -1.98. The summed E-state index contributed by atoms with van der Waals surface area (Å²) in [7, 11) is 1.64. The Labute approximate surface area is 77.5 Å². The number of nitrogens with zero attached hydrogens (tertiary/aromatic N) is 1. The third kappa shape index (κ3) is 4.76. The second-order valence-corrected chi connectivity index (χ2v) is 2.12. The normalized spacial score (nSPS) is 13.4. The van der Waals surface area contributed by atoms with Crippen LogP contribution in [0.2, 0.25) is 0 Å². The van der Waals surface area contributed by atoms with Gasteiger partial charge in [-0.15, -0.1) is 0 Å². The standard InChI is InChI=1S/C8H14N4O/c1-7(5-9)8(12-6-10)3-4-13-11-2/h3-6,10-11H,9H2,1-2H3/b4-3+,7-5+,10-6?,12-8-. The minimum absolute atomic E-state index is 0.591. The number of aliphatic imine (C=N–C) groups is 1. The molecule has 0 aliphatic heterocycles. The summed E-state index contributed by atoms with van der Waals surface area (Å²) in [5.74, 6) is 0. The summed E-state index contributed by atoms with van der Waals surface area (Å²) in [5.41, 5.74) is 9.14. The van der Waals surface area contributed by atoms with Gasteiger partial charge in [0.15, 0.2) is 0 Å². The molecule has 0 aromatic rings. The second kappa shape index (κ2) is 7.05. The fraction of sp³-hybridized carbons (Fsp3) is 0.250. The van der Waals surface area contributed by atoms with E-state index in [1.54, 1.807) is 20.0 Å². The van der Waals surface area contributed by atoms with Gasteiger partial charge >= 0.3 is 0 Å². The molecule has 0 aliphatic rings. The van der Waals surface area contributed by atoms with Gasteiger partial charge in [-0.25, -0.2) is 4.99 Å². The predicted molar refractivity (Wildman–Crippen MR) is 53.4 cm³/mol. The maximum absolute atomic E-state index is 6.81. The van der Waals surface area contributed by atoms with Crippen LogP contribution in [-0.4, -0.2) is 19.1 Å². The molecule has 0 aliphatic carbocycles. The minimum atomic E-state index is 0.591. The monoisotopic (exact) mass is 182 g/mol. The Morgan fingerprint density at radius 1 is 1.62 bits per heavy atom. The van der Waals surface area contributed by atoms with Crippen LogP contribution in [-0.2, 0) is 4.84 Å². The maximum atomic E-state index is 6.81. The summed E-state index contributed by atoms with van der Waals surface area (Å²) >= 11 is 0. The number of rotatable bonds is 5. The topological polar surface area (TPSA) is 83.5 Å². The van der Waals surface area contributed by atoms with Gasteiger partial charge in [-0.3, -0.25) is 5.41 Å². The van der Waals surface area contributed by atoms with Crippen LogP contribution in [0.1, 0.15) is 6.92 Å². The van der Waals surface area contributed by atoms with Gasteiger partial charge in [-0.2, -0.15) is 5.48 Å². The lowest BCUT2D eigenvalue weighted by Crippen LogP contribution is -2.03. The number of hydrogen-bond acceptors (Lipinski definition) is 4. The summed E-state index contributed by atoms with van der Waals surface area (Å²) in [5, 5.41) is 6.81. The van der Waals surface area contributed by atoms with E-state index in [9.17, 15) is 0 Å². The number of nitrogens with one attached hydrogen (secondary N) is 2. The molecule has 0 amide bonds. The Morgan fingerprint density at radius 2 is 2.31 bits per heavy atom. The molecule has 0 aromatic carbocycles. The van der Waals surface area contributed by atoms with E-state index in [-0.39, 0.29) is 0 Å². The molecule has 0 aromatic heterocycles. The first-order chi connectivity index (χ1) is 6.26. The second-order valence-electron chi connectivity index (χ2n) is 2.12. The van der Waals surface area contributed by atoms with E-state index in [4.69, 9.17) is 16.0 Å². The van der Waals surface area contributed by atoms with Gasteiger partial charge in [-0.1, -0.05) is 0 Å². The van der Waals surface area contributed by atoms with Crippen molar-refractivity contribution >= 4 is 12.1 Å². The number of hydroxylamine groups is 1. The lowest BCUT2D eigenvalue weighted by molar-refractivity contribution is 0.159. The van der Waals surface area contributed by atoms with E-state index in [1.165, 1.54) is 12.5 Å². The van der Waals surface area contributed by atoms with Crippen molar-refractivity contribution in [3.8, 4) is 0 Å². The molecule has 0 saturated carbocycles. The van der Waals surface area contributed by atoms with Crippen molar-refractivity contribution in [2.45, 2.75) is 6.92 Å². The highest BCUT2D eigenvalue weighted by molar-refractivity contribution is 6.10. The summed E-state index contributed by atoms with van der Waals surface area (Å²) in [6.45, 7) is 1.80. The van der Waals surface area contributed by atoms with Crippen LogP contribution in [0.5, 0.6) is 0 Å². The van der Waals surface area contributed by atoms with Crippen molar-refractivity contribution in [1.82, 2.24) is 5.48 Å². The Hall–Kier alpha value is -1.62. The summed E-state index contributed by atoms with van der Waals surface area (Å²) in [6.07, 6.45) is 5.41. The number of allylic oxidation sites excluding steroid dienone is 2. The molecular formula is C8H14N4O. The van der Waals surface area contributed by atoms with E-state index in [2.05, 4.69) is 10.5 Å². The zero-order valence-electron chi connectivity index (χ0n) is 7.74. The van der Waals surface area contributed by atoms with Gasteiger partial charge in [0.1, 0.15) is 12.6 Å². The zero-order valence-corrected chi connectivity index (χ0v) is 7.74. The Morgan fingerprint density at radius 3 is 2.77 bits per heavy atom. The average molecular weight is 182 g/mol. The van der Waals surface area contributed by atoms with Gasteiger partial charge < -0.3 is 10.6 Å². The van der Waals surface area contributed by atoms with Gasteiger partial charge in [0.25, 0.3) is 0 Å². The Bertz CT molecular complexity index is 243. The third-order valence-electron chi connectivity index (χ3n) is 1.27. The van der Waals surface area contributed by atoms with Crippen LogP contribution in [0.4, 0.5) is 0 Å². The largest absolute Gasteiger partial charge is 0.417 e. The van der Waals surface area contributed by atoms with Gasteiger partial charge in [0, 0.05) is 13.1 Å². The average Bonchev–Trinajstić information content (AvgIpc) is 2.16. The van der Waals surface area contributed by atoms with Crippen LogP contribution in [0.15, 0.2) is 29.1 Å². The third-order valence-corrected chi connectivity index (χ3v) is 1.27. The van der Waals surface area contributed by atoms with Crippen molar-refractivity contribution < 1.29 is 4.84 Å². The first-order valence-corrected chi connectivity index (χ1v) is 3.70. The fourth-order valence-electron chi connectivity index (χ4n) is 0.598. The summed E-state index contributed by atoms with van der Waals surface area (Å²) < 4.78 is 0. The molecule has 0 fully saturated rings. The minimum Gasteiger partial charge on any atom is -0.417 e. The van der Waals surface area contributed by atoms with Crippen molar-refractivity contribution in [3.63, 3.8) is 0 Å². The number of hydrogen-bond donors (Lipinski definition) is 3. The molecule has 0 spiro atoms. The molecule has 0 unspecified atom stereocenters. The molecule has 5 heteroatoms. The molecular weight excluding hydrogens is 168 g/mol. The first kappa shape index (κ1) is 11.4. The fourth-order valence-corrected chi connectivity index (χ4v) is 0.598. The smallest absolute Gasteiger partial charge is 0.113 e. The van der Waals surface area contributed by atoms with Crippen molar-refractivity contribution in [1.29, 1.82) is 5.41 Å². The van der Waals surface area contributed by atoms with Gasteiger partial charge in [0.05, 0.1) is 5.71 Å². The van der Waals surface area contributed by atoms with Crippen molar-refractivity contribution in [2.24, 2.45) is 10.7 Å². The highest BCUT2D eigenvalue weighted by Crippen LogP contribution is 1.96. The molecule has 0 heterocycles. The highest BCUT2D eigenvalue weighted by Gasteiger charge is 1.95. The molecule has 0 rings (SSSR count). The van der Waals surface area contributed by atoms with E-state index in [0.29, 0.717) is 5.71 Å². The van der Waals surface area contributed by atoms with E-state index < -0.39 is 0 Å². The van der Waals surface area contributed by atoms with Crippen LogP contribution in [0.3, 0.4) is 0 Å². The van der Waals surface area contributed by atoms with Gasteiger partial charge in [0.2, 0.25) is 0 Å². The first-order valence-electron chi connectivity index (χ1n) is 3.70. The molecule has 0 atom stereocenters. The zero-order chi connectivity index (χ0) is 10.1. The Balaban J connectivity index is 4.45. The quantitative estimate of drug-likeness (QED) is 0.251. The van der Waals surface area contributed by atoms with Crippen LogP contribution < -0.4 is 11.2 Å². The summed E-state index contributed by atoms with van der Waals surface area (Å²) in [4.78, 5) is 8.53. The molecule has 13 heavy (non-hydrogen) atoms. The number of nitrogens with two attached hydrogens (primary N) is 1. The lowest BCUT2D eigenvalue weighted by atomic mass is 10.2. The van der Waals surface area contributed by atoms with Crippen LogP contribution in [0.25, 0.3) is 0 Å². The highest BCUT2D eigenvalue weighted by atomic mass is 16.6. The molecule has 5 nitrogen and oxygen atoms in total. The molecule has 72 valence electrons. The van der Waals surface area contributed by atoms with Crippen LogP contribution >= 0.6 is 0 Å². The molecule has 0 saturated heterocycles. The van der Waals surface area contributed by atoms with Crippen LogP contribution in [0, 0.1) is 5.41 Å².